The highest BCUT2D eigenvalue weighted by atomic mass is 16.5. The van der Waals surface area contributed by atoms with E-state index in [9.17, 15) is 0 Å². The highest BCUT2D eigenvalue weighted by Gasteiger charge is 2.43. The SMILES string of the molecule is [NH3+]C1(COCc2ccccc2)CC1. The van der Waals surface area contributed by atoms with Crippen molar-refractivity contribution in [3.8, 4) is 0 Å². The number of hydrogen-bond donors (Lipinski definition) is 1. The van der Waals surface area contributed by atoms with Gasteiger partial charge in [-0.05, 0) is 5.56 Å². The summed E-state index contributed by atoms with van der Waals surface area (Å²) in [7, 11) is 0. The molecule has 0 amide bonds. The van der Waals surface area contributed by atoms with Crippen LogP contribution >= 0.6 is 0 Å². The fourth-order valence-corrected chi connectivity index (χ4v) is 1.28. The van der Waals surface area contributed by atoms with Crippen molar-refractivity contribution in [1.29, 1.82) is 0 Å². The summed E-state index contributed by atoms with van der Waals surface area (Å²) in [6.07, 6.45) is 2.45. The molecule has 1 saturated carbocycles. The Labute approximate surface area is 78.7 Å². The fraction of sp³-hybridized carbons (Fsp3) is 0.455. The van der Waals surface area contributed by atoms with Crippen molar-refractivity contribution in [2.45, 2.75) is 25.0 Å². The van der Waals surface area contributed by atoms with Gasteiger partial charge in [-0.15, -0.1) is 0 Å². The minimum Gasteiger partial charge on any atom is -0.370 e. The molecule has 0 radical (unpaired) electrons. The first kappa shape index (κ1) is 8.73. The van der Waals surface area contributed by atoms with Gasteiger partial charge in [0.15, 0.2) is 0 Å². The van der Waals surface area contributed by atoms with Gasteiger partial charge in [0.25, 0.3) is 0 Å². The highest BCUT2D eigenvalue weighted by Crippen LogP contribution is 2.30. The molecule has 0 spiro atoms. The van der Waals surface area contributed by atoms with Crippen molar-refractivity contribution in [1.82, 2.24) is 0 Å². The Morgan fingerprint density at radius 2 is 1.92 bits per heavy atom. The van der Waals surface area contributed by atoms with Crippen LogP contribution in [0.1, 0.15) is 18.4 Å². The third-order valence-electron chi connectivity index (χ3n) is 2.48. The maximum absolute atomic E-state index is 5.58. The average Bonchev–Trinajstić information content (AvgIpc) is 2.86. The Morgan fingerprint density at radius 3 is 2.54 bits per heavy atom. The fourth-order valence-electron chi connectivity index (χ4n) is 1.28. The summed E-state index contributed by atoms with van der Waals surface area (Å²) in [5.41, 5.74) is 5.59. The summed E-state index contributed by atoms with van der Waals surface area (Å²) in [6, 6.07) is 10.3. The van der Waals surface area contributed by atoms with Crippen molar-refractivity contribution in [2.75, 3.05) is 6.61 Å². The monoisotopic (exact) mass is 178 g/mol. The van der Waals surface area contributed by atoms with Crippen LogP contribution < -0.4 is 5.73 Å². The van der Waals surface area contributed by atoms with Crippen LogP contribution in [0.2, 0.25) is 0 Å². The Kier molecular flexibility index (Phi) is 2.34. The van der Waals surface area contributed by atoms with Crippen LogP contribution in [0.4, 0.5) is 0 Å². The molecular weight excluding hydrogens is 162 g/mol. The van der Waals surface area contributed by atoms with Crippen LogP contribution in [0.5, 0.6) is 0 Å². The number of ether oxygens (including phenoxy) is 1. The summed E-state index contributed by atoms with van der Waals surface area (Å²) in [5, 5.41) is 0. The van der Waals surface area contributed by atoms with Gasteiger partial charge < -0.3 is 10.5 Å². The van der Waals surface area contributed by atoms with Crippen LogP contribution in [0.15, 0.2) is 30.3 Å². The molecule has 2 nitrogen and oxygen atoms in total. The van der Waals surface area contributed by atoms with E-state index in [1.165, 1.54) is 18.4 Å². The Morgan fingerprint density at radius 1 is 1.23 bits per heavy atom. The zero-order valence-electron chi connectivity index (χ0n) is 7.83. The number of quaternary nitrogens is 1. The largest absolute Gasteiger partial charge is 0.370 e. The van der Waals surface area contributed by atoms with Gasteiger partial charge in [-0.25, -0.2) is 0 Å². The lowest BCUT2D eigenvalue weighted by Crippen LogP contribution is -2.65. The standard InChI is InChI=1S/C11H15NO/c12-11(6-7-11)9-13-8-10-4-2-1-3-5-10/h1-5H,6-9,12H2/p+1. The molecule has 13 heavy (non-hydrogen) atoms. The van der Waals surface area contributed by atoms with E-state index in [2.05, 4.69) is 17.9 Å². The predicted molar refractivity (Wildman–Crippen MR) is 51.0 cm³/mol. The lowest BCUT2D eigenvalue weighted by Gasteiger charge is -2.06. The molecule has 0 saturated heterocycles. The molecule has 2 heteroatoms. The van der Waals surface area contributed by atoms with Crippen LogP contribution in [-0.4, -0.2) is 12.1 Å². The average molecular weight is 178 g/mol. The zero-order chi connectivity index (χ0) is 9.15. The molecule has 0 aromatic heterocycles. The first-order chi connectivity index (χ1) is 6.29. The van der Waals surface area contributed by atoms with Gasteiger partial charge in [0.1, 0.15) is 12.1 Å². The van der Waals surface area contributed by atoms with Gasteiger partial charge in [0.05, 0.1) is 6.61 Å². The van der Waals surface area contributed by atoms with Crippen molar-refractivity contribution in [3.05, 3.63) is 35.9 Å². The normalized spacial score (nSPS) is 18.5. The molecule has 2 rings (SSSR count). The Balaban J connectivity index is 1.74. The maximum atomic E-state index is 5.58. The molecule has 1 fully saturated rings. The summed E-state index contributed by atoms with van der Waals surface area (Å²) < 4.78 is 5.58. The maximum Gasteiger partial charge on any atom is 0.119 e. The Hall–Kier alpha value is -0.860. The molecule has 0 unspecified atom stereocenters. The summed E-state index contributed by atoms with van der Waals surface area (Å²) in [6.45, 7) is 1.53. The van der Waals surface area contributed by atoms with E-state index in [1.54, 1.807) is 0 Å². The van der Waals surface area contributed by atoms with Crippen LogP contribution in [0.25, 0.3) is 0 Å². The van der Waals surface area contributed by atoms with Crippen molar-refractivity contribution < 1.29 is 10.5 Å². The minimum absolute atomic E-state index is 0.259. The summed E-state index contributed by atoms with van der Waals surface area (Å²) in [4.78, 5) is 0. The van der Waals surface area contributed by atoms with Gasteiger partial charge in [-0.3, -0.25) is 0 Å². The molecule has 0 atom stereocenters. The first-order valence-corrected chi connectivity index (χ1v) is 4.76. The van der Waals surface area contributed by atoms with E-state index in [1.807, 2.05) is 18.2 Å². The second-order valence-corrected chi connectivity index (χ2v) is 3.98. The van der Waals surface area contributed by atoms with Gasteiger partial charge in [0.2, 0.25) is 0 Å². The van der Waals surface area contributed by atoms with Crippen molar-refractivity contribution in [3.63, 3.8) is 0 Å². The molecule has 0 aliphatic heterocycles. The molecular formula is C11H16NO+. The number of hydrogen-bond acceptors (Lipinski definition) is 1. The zero-order valence-corrected chi connectivity index (χ0v) is 7.83. The first-order valence-electron chi connectivity index (χ1n) is 4.76. The molecule has 1 aliphatic rings. The van der Waals surface area contributed by atoms with E-state index in [-0.39, 0.29) is 5.54 Å². The van der Waals surface area contributed by atoms with Crippen molar-refractivity contribution >= 4 is 0 Å². The molecule has 1 aromatic carbocycles. The molecule has 1 aliphatic carbocycles. The second kappa shape index (κ2) is 3.48. The smallest absolute Gasteiger partial charge is 0.119 e. The summed E-state index contributed by atoms with van der Waals surface area (Å²) in [5.74, 6) is 0. The van der Waals surface area contributed by atoms with Gasteiger partial charge >= 0.3 is 0 Å². The second-order valence-electron chi connectivity index (χ2n) is 3.98. The lowest BCUT2D eigenvalue weighted by atomic mass is 10.2. The quantitative estimate of drug-likeness (QED) is 0.733. The summed E-state index contributed by atoms with van der Waals surface area (Å²) >= 11 is 0. The number of benzene rings is 1. The predicted octanol–water partition coefficient (Wildman–Crippen LogP) is 0.978. The number of rotatable bonds is 4. The highest BCUT2D eigenvalue weighted by molar-refractivity contribution is 5.13. The van der Waals surface area contributed by atoms with Gasteiger partial charge in [-0.1, -0.05) is 30.3 Å². The van der Waals surface area contributed by atoms with E-state index in [0.29, 0.717) is 0 Å². The van der Waals surface area contributed by atoms with E-state index >= 15 is 0 Å². The molecule has 0 bridgehead atoms. The topological polar surface area (TPSA) is 36.9 Å². The molecule has 70 valence electrons. The van der Waals surface area contributed by atoms with Gasteiger partial charge in [-0.2, -0.15) is 0 Å². The van der Waals surface area contributed by atoms with E-state index in [4.69, 9.17) is 4.74 Å². The third kappa shape index (κ3) is 2.54. The minimum atomic E-state index is 0.259. The van der Waals surface area contributed by atoms with E-state index < -0.39 is 0 Å². The van der Waals surface area contributed by atoms with Crippen LogP contribution in [0, 0.1) is 0 Å². The van der Waals surface area contributed by atoms with Gasteiger partial charge in [0, 0.05) is 12.8 Å². The van der Waals surface area contributed by atoms with Crippen molar-refractivity contribution in [2.24, 2.45) is 0 Å². The third-order valence-corrected chi connectivity index (χ3v) is 2.48. The Bertz CT molecular complexity index is 267. The van der Waals surface area contributed by atoms with Crippen LogP contribution in [0.3, 0.4) is 0 Å². The molecule has 3 N–H and O–H groups in total. The molecule has 1 aromatic rings. The van der Waals surface area contributed by atoms with Crippen LogP contribution in [-0.2, 0) is 11.3 Å². The molecule has 0 heterocycles. The van der Waals surface area contributed by atoms with E-state index in [0.717, 1.165) is 13.2 Å². The lowest BCUT2D eigenvalue weighted by molar-refractivity contribution is -0.445.